The van der Waals surface area contributed by atoms with Crippen molar-refractivity contribution in [3.8, 4) is 5.75 Å². The number of nitrogens with one attached hydrogen (secondary N) is 1. The molecule has 0 saturated carbocycles. The first-order chi connectivity index (χ1) is 15.8. The van der Waals surface area contributed by atoms with Crippen LogP contribution in [0.15, 0.2) is 76.8 Å². The summed E-state index contributed by atoms with van der Waals surface area (Å²) in [6, 6.07) is 18.6. The first-order valence-electron chi connectivity index (χ1n) is 9.97. The van der Waals surface area contributed by atoms with Crippen molar-refractivity contribution in [2.45, 2.75) is 13.5 Å². The van der Waals surface area contributed by atoms with Gasteiger partial charge in [0.15, 0.2) is 0 Å². The molecule has 1 aliphatic heterocycles. The summed E-state index contributed by atoms with van der Waals surface area (Å²) in [5.41, 5.74) is 2.39. The number of imide groups is 2. The van der Waals surface area contributed by atoms with Gasteiger partial charge in [0, 0.05) is 20.6 Å². The Morgan fingerprint density at radius 3 is 2.58 bits per heavy atom. The predicted molar refractivity (Wildman–Crippen MR) is 130 cm³/mol. The van der Waals surface area contributed by atoms with Crippen LogP contribution >= 0.6 is 27.5 Å². The van der Waals surface area contributed by atoms with E-state index in [0.29, 0.717) is 22.0 Å². The number of carbonyl (C=O) groups is 3. The van der Waals surface area contributed by atoms with Gasteiger partial charge in [0.05, 0.1) is 5.69 Å². The van der Waals surface area contributed by atoms with E-state index in [0.717, 1.165) is 20.5 Å². The van der Waals surface area contributed by atoms with Crippen LogP contribution < -0.4 is 15.0 Å². The van der Waals surface area contributed by atoms with Crippen LogP contribution in [0, 0.1) is 6.92 Å². The minimum Gasteiger partial charge on any atom is -0.488 e. The highest BCUT2D eigenvalue weighted by atomic mass is 79.9. The molecular weight excluding hydrogens is 508 g/mol. The lowest BCUT2D eigenvalue weighted by Crippen LogP contribution is -2.54. The molecule has 0 bridgehead atoms. The van der Waals surface area contributed by atoms with Gasteiger partial charge in [0.2, 0.25) is 0 Å². The van der Waals surface area contributed by atoms with Gasteiger partial charge in [-0.3, -0.25) is 14.9 Å². The van der Waals surface area contributed by atoms with Crippen molar-refractivity contribution in [3.63, 3.8) is 0 Å². The van der Waals surface area contributed by atoms with Crippen molar-refractivity contribution in [3.05, 3.63) is 98.5 Å². The number of hydrogen-bond acceptors (Lipinski definition) is 4. The van der Waals surface area contributed by atoms with Gasteiger partial charge in [-0.25, -0.2) is 9.69 Å². The van der Waals surface area contributed by atoms with Gasteiger partial charge in [0.1, 0.15) is 17.9 Å². The topological polar surface area (TPSA) is 75.7 Å². The summed E-state index contributed by atoms with van der Waals surface area (Å²) in [5.74, 6) is -1.08. The molecule has 33 heavy (non-hydrogen) atoms. The molecule has 0 radical (unpaired) electrons. The Kier molecular flexibility index (Phi) is 6.62. The van der Waals surface area contributed by atoms with E-state index in [-0.39, 0.29) is 12.2 Å². The Labute approximate surface area is 203 Å². The highest BCUT2D eigenvalue weighted by Crippen LogP contribution is 2.29. The molecule has 1 heterocycles. The van der Waals surface area contributed by atoms with Crippen molar-refractivity contribution in [2.75, 3.05) is 4.90 Å². The number of carbonyl (C=O) groups excluding carboxylic acids is 3. The van der Waals surface area contributed by atoms with Crippen LogP contribution in [0.5, 0.6) is 5.75 Å². The third kappa shape index (κ3) is 4.99. The lowest BCUT2D eigenvalue weighted by molar-refractivity contribution is -0.122. The number of barbiturate groups is 1. The van der Waals surface area contributed by atoms with Crippen molar-refractivity contribution in [2.24, 2.45) is 0 Å². The molecule has 0 unspecified atom stereocenters. The van der Waals surface area contributed by atoms with E-state index in [1.54, 1.807) is 36.4 Å². The number of hydrogen-bond donors (Lipinski definition) is 1. The van der Waals surface area contributed by atoms with Gasteiger partial charge >= 0.3 is 6.03 Å². The largest absolute Gasteiger partial charge is 0.488 e. The Bertz CT molecular complexity index is 1310. The Hall–Kier alpha value is -3.42. The molecule has 0 spiro atoms. The molecule has 1 aliphatic rings. The van der Waals surface area contributed by atoms with Crippen LogP contribution in [0.3, 0.4) is 0 Å². The highest BCUT2D eigenvalue weighted by molar-refractivity contribution is 9.10. The second kappa shape index (κ2) is 9.60. The van der Waals surface area contributed by atoms with Crippen LogP contribution in [-0.2, 0) is 16.2 Å². The van der Waals surface area contributed by atoms with Crippen LogP contribution in [0.1, 0.15) is 16.7 Å². The van der Waals surface area contributed by atoms with Crippen LogP contribution in [0.25, 0.3) is 6.08 Å². The molecular formula is C25H18BrClN2O4. The number of anilines is 1. The predicted octanol–water partition coefficient (Wildman–Crippen LogP) is 5.66. The summed E-state index contributed by atoms with van der Waals surface area (Å²) in [4.78, 5) is 39.1. The lowest BCUT2D eigenvalue weighted by atomic mass is 10.1. The summed E-state index contributed by atoms with van der Waals surface area (Å²) in [6.45, 7) is 2.10. The number of nitrogens with zero attached hydrogens (tertiary/aromatic N) is 1. The van der Waals surface area contributed by atoms with Crippen molar-refractivity contribution in [1.29, 1.82) is 0 Å². The molecule has 0 aromatic heterocycles. The number of benzene rings is 3. The standard InChI is InChI=1S/C25H18BrClN2O4/c1-15-5-4-7-19(11-15)29-24(31)20(23(30)28-25(29)32)13-17-12-18(27)9-10-22(17)33-14-16-6-2-3-8-21(16)26/h2-13H,14H2,1H3,(H,28,30,32)/b20-13+. The number of halogens is 2. The van der Waals surface area contributed by atoms with E-state index in [1.807, 2.05) is 37.3 Å². The maximum absolute atomic E-state index is 13.2. The lowest BCUT2D eigenvalue weighted by Gasteiger charge is -2.26. The zero-order valence-corrected chi connectivity index (χ0v) is 19.8. The highest BCUT2D eigenvalue weighted by Gasteiger charge is 2.37. The monoisotopic (exact) mass is 524 g/mol. The Morgan fingerprint density at radius 1 is 1.03 bits per heavy atom. The number of amides is 4. The van der Waals surface area contributed by atoms with Crippen LogP contribution in [0.2, 0.25) is 5.02 Å². The fraction of sp³-hybridized carbons (Fsp3) is 0.0800. The van der Waals surface area contributed by atoms with Crippen LogP contribution in [0.4, 0.5) is 10.5 Å². The van der Waals surface area contributed by atoms with Crippen molar-refractivity contribution < 1.29 is 19.1 Å². The maximum atomic E-state index is 13.2. The summed E-state index contributed by atoms with van der Waals surface area (Å²) in [6.07, 6.45) is 1.38. The summed E-state index contributed by atoms with van der Waals surface area (Å²) < 4.78 is 6.86. The molecule has 0 aliphatic carbocycles. The molecule has 3 aromatic carbocycles. The third-order valence-electron chi connectivity index (χ3n) is 4.97. The number of aryl methyl sites for hydroxylation is 1. The first kappa shape index (κ1) is 22.8. The molecule has 1 fully saturated rings. The van der Waals surface area contributed by atoms with Gasteiger partial charge in [0.25, 0.3) is 11.8 Å². The van der Waals surface area contributed by atoms with E-state index in [4.69, 9.17) is 16.3 Å². The average Bonchev–Trinajstić information content (AvgIpc) is 2.77. The van der Waals surface area contributed by atoms with Gasteiger partial charge in [-0.2, -0.15) is 0 Å². The van der Waals surface area contributed by atoms with E-state index in [1.165, 1.54) is 6.08 Å². The molecule has 8 heteroatoms. The smallest absolute Gasteiger partial charge is 0.335 e. The molecule has 4 rings (SSSR count). The van der Waals surface area contributed by atoms with Gasteiger partial charge < -0.3 is 4.74 Å². The average molecular weight is 526 g/mol. The third-order valence-corrected chi connectivity index (χ3v) is 5.98. The van der Waals surface area contributed by atoms with E-state index in [9.17, 15) is 14.4 Å². The molecule has 1 saturated heterocycles. The molecule has 6 nitrogen and oxygen atoms in total. The van der Waals surface area contributed by atoms with Crippen molar-refractivity contribution >= 4 is 57.1 Å². The molecule has 0 atom stereocenters. The Morgan fingerprint density at radius 2 is 1.82 bits per heavy atom. The Balaban J connectivity index is 1.69. The number of urea groups is 1. The molecule has 3 aromatic rings. The minimum atomic E-state index is -0.802. The van der Waals surface area contributed by atoms with E-state index >= 15 is 0 Å². The summed E-state index contributed by atoms with van der Waals surface area (Å²) >= 11 is 9.66. The number of rotatable bonds is 5. The van der Waals surface area contributed by atoms with E-state index < -0.39 is 17.8 Å². The molecule has 4 amide bonds. The quantitative estimate of drug-likeness (QED) is 0.345. The van der Waals surface area contributed by atoms with Gasteiger partial charge in [-0.05, 0) is 55.0 Å². The SMILES string of the molecule is Cc1cccc(N2C(=O)NC(=O)/C(=C\c3cc(Cl)ccc3OCc3ccccc3Br)C2=O)c1. The van der Waals surface area contributed by atoms with E-state index in [2.05, 4.69) is 21.2 Å². The maximum Gasteiger partial charge on any atom is 0.335 e. The second-order valence-electron chi connectivity index (χ2n) is 7.36. The normalized spacial score (nSPS) is 15.1. The zero-order chi connectivity index (χ0) is 23.5. The second-order valence-corrected chi connectivity index (χ2v) is 8.65. The number of ether oxygens (including phenoxy) is 1. The van der Waals surface area contributed by atoms with Gasteiger partial charge in [-0.1, -0.05) is 57.9 Å². The first-order valence-corrected chi connectivity index (χ1v) is 11.1. The fourth-order valence-corrected chi connectivity index (χ4v) is 3.93. The fourth-order valence-electron chi connectivity index (χ4n) is 3.35. The summed E-state index contributed by atoms with van der Waals surface area (Å²) in [5, 5.41) is 2.63. The zero-order valence-electron chi connectivity index (χ0n) is 17.5. The van der Waals surface area contributed by atoms with Gasteiger partial charge in [-0.15, -0.1) is 0 Å². The van der Waals surface area contributed by atoms with Crippen LogP contribution in [-0.4, -0.2) is 17.8 Å². The summed E-state index contributed by atoms with van der Waals surface area (Å²) in [7, 11) is 0. The molecule has 1 N–H and O–H groups in total. The minimum absolute atomic E-state index is 0.205. The van der Waals surface area contributed by atoms with Crippen molar-refractivity contribution in [1.82, 2.24) is 5.32 Å². The molecule has 166 valence electrons.